The highest BCUT2D eigenvalue weighted by Crippen LogP contribution is 2.26. The lowest BCUT2D eigenvalue weighted by molar-refractivity contribution is 0.528. The predicted molar refractivity (Wildman–Crippen MR) is 112 cm³/mol. The van der Waals surface area contributed by atoms with E-state index >= 15 is 0 Å². The van der Waals surface area contributed by atoms with Gasteiger partial charge in [0.2, 0.25) is 0 Å². The van der Waals surface area contributed by atoms with Crippen molar-refractivity contribution in [3.05, 3.63) is 77.0 Å². The lowest BCUT2D eigenvalue weighted by atomic mass is 10.00. The second-order valence-corrected chi connectivity index (χ2v) is 6.48. The number of halogens is 1. The number of nitrogens with zero attached hydrogens (tertiary/aromatic N) is 1. The summed E-state index contributed by atoms with van der Waals surface area (Å²) in [6, 6.07) is 5.02. The van der Waals surface area contributed by atoms with Gasteiger partial charge in [-0.3, -0.25) is 0 Å². The zero-order chi connectivity index (χ0) is 19.7. The van der Waals surface area contributed by atoms with Gasteiger partial charge in [-0.1, -0.05) is 38.1 Å². The molecule has 2 aliphatic rings. The first-order valence-electron chi connectivity index (χ1n) is 9.42. The number of rotatable bonds is 1. The molecule has 0 radical (unpaired) electrons. The van der Waals surface area contributed by atoms with Crippen LogP contribution in [0.1, 0.15) is 57.6 Å². The van der Waals surface area contributed by atoms with Gasteiger partial charge in [0.1, 0.15) is 11.6 Å². The average molecular weight is 357 g/mol. The van der Waals surface area contributed by atoms with E-state index < -0.39 is 0 Å². The van der Waals surface area contributed by atoms with Crippen molar-refractivity contribution >= 4 is 5.57 Å². The smallest absolute Gasteiger partial charge is 0.126 e. The fourth-order valence-electron chi connectivity index (χ4n) is 2.73. The number of aryl methyl sites for hydroxylation is 1. The molecule has 0 atom stereocenters. The lowest BCUT2D eigenvalue weighted by Crippen LogP contribution is -2.24. The molecule has 0 fully saturated rings. The molecule has 1 aromatic rings. The van der Waals surface area contributed by atoms with Crippen molar-refractivity contribution < 1.29 is 4.39 Å². The molecule has 1 aliphatic heterocycles. The molecule has 0 saturated heterocycles. The summed E-state index contributed by atoms with van der Waals surface area (Å²) in [4.78, 5) is 1.81. The van der Waals surface area contributed by atoms with Gasteiger partial charge in [-0.2, -0.15) is 0 Å². The summed E-state index contributed by atoms with van der Waals surface area (Å²) in [7, 11) is 1.86. The van der Waals surface area contributed by atoms with Crippen LogP contribution < -0.4 is 5.73 Å². The Balaban J connectivity index is 0.000000313. The van der Waals surface area contributed by atoms with E-state index in [9.17, 15) is 4.39 Å². The zero-order valence-corrected chi connectivity index (χ0v) is 16.9. The van der Waals surface area contributed by atoms with Crippen LogP contribution >= 0.6 is 0 Å². The Kier molecular flexibility index (Phi) is 8.91. The minimum Gasteiger partial charge on any atom is -0.385 e. The molecule has 1 heterocycles. The van der Waals surface area contributed by atoms with Crippen LogP contribution in [-0.2, 0) is 0 Å². The summed E-state index contributed by atoms with van der Waals surface area (Å²) in [6.45, 7) is 11.9. The normalized spacial score (nSPS) is 16.3. The topological polar surface area (TPSA) is 29.3 Å². The molecule has 1 aliphatic carbocycles. The second kappa shape index (κ2) is 10.6. The molecule has 0 amide bonds. The first-order chi connectivity index (χ1) is 12.4. The highest BCUT2D eigenvalue weighted by molar-refractivity contribution is 5.78. The Morgan fingerprint density at radius 1 is 1.12 bits per heavy atom. The van der Waals surface area contributed by atoms with E-state index in [1.807, 2.05) is 39.1 Å². The number of benzene rings is 1. The van der Waals surface area contributed by atoms with Crippen LogP contribution in [0.15, 0.2) is 60.1 Å². The van der Waals surface area contributed by atoms with Gasteiger partial charge in [0.15, 0.2) is 0 Å². The van der Waals surface area contributed by atoms with Gasteiger partial charge in [-0.15, -0.1) is 0 Å². The van der Waals surface area contributed by atoms with Crippen LogP contribution in [-0.4, -0.2) is 11.9 Å². The van der Waals surface area contributed by atoms with E-state index in [4.69, 9.17) is 5.73 Å². The van der Waals surface area contributed by atoms with Crippen molar-refractivity contribution in [1.29, 1.82) is 0 Å². The second-order valence-electron chi connectivity index (χ2n) is 6.48. The molecule has 2 N–H and O–H groups in total. The third-order valence-corrected chi connectivity index (χ3v) is 4.45. The van der Waals surface area contributed by atoms with Gasteiger partial charge < -0.3 is 10.6 Å². The fourth-order valence-corrected chi connectivity index (χ4v) is 2.73. The Morgan fingerprint density at radius 3 is 2.27 bits per heavy atom. The van der Waals surface area contributed by atoms with Gasteiger partial charge in [0.05, 0.1) is 0 Å². The molecule has 1 aromatic carbocycles. The number of allylic oxidation sites excluding steroid dienone is 5. The van der Waals surface area contributed by atoms with E-state index in [2.05, 4.69) is 19.6 Å². The summed E-state index contributed by atoms with van der Waals surface area (Å²) in [5.41, 5.74) is 10.8. The Hall–Kier alpha value is -2.29. The largest absolute Gasteiger partial charge is 0.385 e. The van der Waals surface area contributed by atoms with Gasteiger partial charge in [-0.25, -0.2) is 4.39 Å². The molecule has 0 aromatic heterocycles. The highest BCUT2D eigenvalue weighted by atomic mass is 19.1. The summed E-state index contributed by atoms with van der Waals surface area (Å²) in [5, 5.41) is 0. The Morgan fingerprint density at radius 2 is 1.81 bits per heavy atom. The van der Waals surface area contributed by atoms with Gasteiger partial charge >= 0.3 is 0 Å². The number of hydrogen-bond donors (Lipinski definition) is 1. The van der Waals surface area contributed by atoms with Crippen LogP contribution in [0.2, 0.25) is 0 Å². The molecule has 2 nitrogen and oxygen atoms in total. The number of likely N-dealkylation sites (N-methyl/N-ethyl adjacent to an activating group) is 1. The van der Waals surface area contributed by atoms with Gasteiger partial charge in [-0.05, 0) is 80.5 Å². The lowest BCUT2D eigenvalue weighted by Gasteiger charge is -2.24. The third-order valence-electron chi connectivity index (χ3n) is 4.45. The molecule has 26 heavy (non-hydrogen) atoms. The molecule has 142 valence electrons. The zero-order valence-electron chi connectivity index (χ0n) is 16.9. The average Bonchev–Trinajstić information content (AvgIpc) is 2.64. The predicted octanol–water partition coefficient (Wildman–Crippen LogP) is 6.31. The maximum absolute atomic E-state index is 13.2. The maximum atomic E-state index is 13.2. The molecular weight excluding hydrogens is 323 g/mol. The van der Waals surface area contributed by atoms with Crippen molar-refractivity contribution in [3.63, 3.8) is 0 Å². The van der Waals surface area contributed by atoms with Crippen LogP contribution in [0.3, 0.4) is 0 Å². The SMILES string of the molecule is C=C1C=C(c2ccc(F)c(C)c2)C=C(N)N1C.CC.CC1=CCCCC1. The van der Waals surface area contributed by atoms with Crippen LogP contribution in [0.4, 0.5) is 4.39 Å². The Labute approximate surface area is 158 Å². The molecule has 0 unspecified atom stereocenters. The van der Waals surface area contributed by atoms with E-state index in [1.165, 1.54) is 31.7 Å². The standard InChI is InChI=1S/C14H15FN2.C7H12.C2H6/c1-9-6-11(4-5-13(9)15)12-7-10(2)17(3)14(16)8-12;1-7-5-3-2-4-6-7;1-2/h4-8H,2,16H2,1,3H3;5H,2-4,6H2,1H3;1-2H3. The third kappa shape index (κ3) is 6.21. The van der Waals surface area contributed by atoms with Crippen molar-refractivity contribution in [2.24, 2.45) is 5.73 Å². The molecule has 0 spiro atoms. The van der Waals surface area contributed by atoms with Crippen LogP contribution in [0.25, 0.3) is 5.57 Å². The van der Waals surface area contributed by atoms with Crippen LogP contribution in [0.5, 0.6) is 0 Å². The quantitative estimate of drug-likeness (QED) is 0.597. The summed E-state index contributed by atoms with van der Waals surface area (Å²) in [6.07, 6.45) is 11.7. The van der Waals surface area contributed by atoms with Crippen molar-refractivity contribution in [3.8, 4) is 0 Å². The minimum absolute atomic E-state index is 0.196. The minimum atomic E-state index is -0.196. The maximum Gasteiger partial charge on any atom is 0.126 e. The monoisotopic (exact) mass is 356 g/mol. The fraction of sp³-hybridized carbons (Fsp3) is 0.391. The molecule has 0 bridgehead atoms. The first kappa shape index (κ1) is 21.8. The molecule has 3 heteroatoms. The van der Waals surface area contributed by atoms with E-state index in [1.54, 1.807) is 23.5 Å². The molecule has 3 rings (SSSR count). The highest BCUT2D eigenvalue weighted by Gasteiger charge is 2.12. The van der Waals surface area contributed by atoms with E-state index in [0.717, 1.165) is 16.8 Å². The first-order valence-corrected chi connectivity index (χ1v) is 9.42. The van der Waals surface area contributed by atoms with E-state index in [0.29, 0.717) is 11.4 Å². The van der Waals surface area contributed by atoms with Crippen molar-refractivity contribution in [2.45, 2.75) is 53.4 Å². The van der Waals surface area contributed by atoms with Crippen molar-refractivity contribution in [2.75, 3.05) is 7.05 Å². The van der Waals surface area contributed by atoms with Gasteiger partial charge in [0, 0.05) is 12.7 Å². The number of hydrogen-bond acceptors (Lipinski definition) is 2. The summed E-state index contributed by atoms with van der Waals surface area (Å²) >= 11 is 0. The van der Waals surface area contributed by atoms with E-state index in [-0.39, 0.29) is 5.82 Å². The Bertz CT molecular complexity index is 711. The van der Waals surface area contributed by atoms with Crippen molar-refractivity contribution in [1.82, 2.24) is 4.90 Å². The summed E-state index contributed by atoms with van der Waals surface area (Å²) in [5.74, 6) is 0.438. The number of nitrogens with two attached hydrogens (primary N) is 1. The molecule has 0 saturated carbocycles. The van der Waals surface area contributed by atoms with Gasteiger partial charge in [0.25, 0.3) is 0 Å². The van der Waals surface area contributed by atoms with Crippen LogP contribution in [0, 0.1) is 12.7 Å². The summed E-state index contributed by atoms with van der Waals surface area (Å²) < 4.78 is 13.2. The molecular formula is C23H33FN2.